The lowest BCUT2D eigenvalue weighted by atomic mass is 10.1. The Kier molecular flexibility index (Phi) is 5.18. The summed E-state index contributed by atoms with van der Waals surface area (Å²) in [4.78, 5) is 9.54. The SMILES string of the molecule is Cl.c1ccc2nc(NC3CC3)c(NCC3CCCCN3)nc2c1. The summed E-state index contributed by atoms with van der Waals surface area (Å²) >= 11 is 0. The van der Waals surface area contributed by atoms with E-state index in [2.05, 4.69) is 16.0 Å². The molecule has 0 radical (unpaired) electrons. The van der Waals surface area contributed by atoms with Gasteiger partial charge in [-0.3, -0.25) is 0 Å². The van der Waals surface area contributed by atoms with Gasteiger partial charge < -0.3 is 16.0 Å². The summed E-state index contributed by atoms with van der Waals surface area (Å²) in [6.45, 7) is 2.04. The highest BCUT2D eigenvalue weighted by Crippen LogP contribution is 2.28. The number of benzene rings is 1. The van der Waals surface area contributed by atoms with Crippen LogP contribution in [0.4, 0.5) is 11.6 Å². The number of para-hydroxylation sites is 2. The Morgan fingerprint density at radius 3 is 2.39 bits per heavy atom. The van der Waals surface area contributed by atoms with Crippen LogP contribution in [0.5, 0.6) is 0 Å². The topological polar surface area (TPSA) is 61.9 Å². The van der Waals surface area contributed by atoms with Crippen LogP contribution in [0.25, 0.3) is 11.0 Å². The van der Waals surface area contributed by atoms with Gasteiger partial charge in [0.2, 0.25) is 0 Å². The first-order valence-corrected chi connectivity index (χ1v) is 8.39. The van der Waals surface area contributed by atoms with Crippen LogP contribution < -0.4 is 16.0 Å². The highest BCUT2D eigenvalue weighted by atomic mass is 35.5. The van der Waals surface area contributed by atoms with Crippen molar-refractivity contribution in [2.24, 2.45) is 0 Å². The van der Waals surface area contributed by atoms with Gasteiger partial charge in [0.25, 0.3) is 0 Å². The minimum Gasteiger partial charge on any atom is -0.365 e. The summed E-state index contributed by atoms with van der Waals surface area (Å²) in [6.07, 6.45) is 6.31. The number of fused-ring (bicyclic) bond motifs is 1. The Labute approximate surface area is 143 Å². The number of hydrogen-bond acceptors (Lipinski definition) is 5. The summed E-state index contributed by atoms with van der Waals surface area (Å²) in [5, 5.41) is 10.6. The van der Waals surface area contributed by atoms with Crippen LogP contribution in [0, 0.1) is 0 Å². The van der Waals surface area contributed by atoms with Crippen molar-refractivity contribution in [2.75, 3.05) is 23.7 Å². The van der Waals surface area contributed by atoms with E-state index in [-0.39, 0.29) is 12.4 Å². The van der Waals surface area contributed by atoms with E-state index < -0.39 is 0 Å². The average Bonchev–Trinajstić information content (AvgIpc) is 3.38. The second-order valence-electron chi connectivity index (χ2n) is 6.36. The maximum Gasteiger partial charge on any atom is 0.169 e. The molecule has 2 aromatic rings. The zero-order chi connectivity index (χ0) is 14.8. The molecule has 0 amide bonds. The largest absolute Gasteiger partial charge is 0.365 e. The smallest absolute Gasteiger partial charge is 0.169 e. The van der Waals surface area contributed by atoms with Gasteiger partial charge in [-0.2, -0.15) is 0 Å². The third-order valence-corrected chi connectivity index (χ3v) is 4.42. The number of rotatable bonds is 5. The van der Waals surface area contributed by atoms with Crippen LogP contribution in [0.15, 0.2) is 24.3 Å². The van der Waals surface area contributed by atoms with Crippen molar-refractivity contribution in [1.29, 1.82) is 0 Å². The van der Waals surface area contributed by atoms with Gasteiger partial charge in [-0.05, 0) is 44.4 Å². The molecule has 6 heteroatoms. The molecule has 1 aliphatic carbocycles. The molecule has 1 aliphatic heterocycles. The highest BCUT2D eigenvalue weighted by Gasteiger charge is 2.23. The number of anilines is 2. The second kappa shape index (κ2) is 7.32. The van der Waals surface area contributed by atoms with Gasteiger partial charge in [0.15, 0.2) is 11.6 Å². The van der Waals surface area contributed by atoms with Gasteiger partial charge in [-0.25, -0.2) is 9.97 Å². The van der Waals surface area contributed by atoms with Crippen molar-refractivity contribution in [2.45, 2.75) is 44.2 Å². The van der Waals surface area contributed by atoms with Crippen LogP contribution in [0.1, 0.15) is 32.1 Å². The first kappa shape index (κ1) is 16.3. The molecule has 1 saturated heterocycles. The monoisotopic (exact) mass is 333 g/mol. The fourth-order valence-electron chi connectivity index (χ4n) is 2.96. The first-order chi connectivity index (χ1) is 10.9. The Balaban J connectivity index is 0.00000156. The molecule has 0 spiro atoms. The van der Waals surface area contributed by atoms with Crippen molar-refractivity contribution in [1.82, 2.24) is 15.3 Å². The predicted molar refractivity (Wildman–Crippen MR) is 97.6 cm³/mol. The number of piperidine rings is 1. The summed E-state index contributed by atoms with van der Waals surface area (Å²) in [6, 6.07) is 9.17. The molecule has 3 N–H and O–H groups in total. The van der Waals surface area contributed by atoms with Crippen molar-refractivity contribution >= 4 is 35.1 Å². The van der Waals surface area contributed by atoms with E-state index in [1.165, 1.54) is 32.1 Å². The van der Waals surface area contributed by atoms with Crippen molar-refractivity contribution in [3.05, 3.63) is 24.3 Å². The zero-order valence-electron chi connectivity index (χ0n) is 13.2. The third-order valence-electron chi connectivity index (χ3n) is 4.42. The first-order valence-electron chi connectivity index (χ1n) is 8.39. The van der Waals surface area contributed by atoms with Gasteiger partial charge in [0.05, 0.1) is 11.0 Å². The Morgan fingerprint density at radius 2 is 1.74 bits per heavy atom. The van der Waals surface area contributed by atoms with Gasteiger partial charge in [-0.1, -0.05) is 18.6 Å². The maximum absolute atomic E-state index is 4.78. The van der Waals surface area contributed by atoms with E-state index in [4.69, 9.17) is 9.97 Å². The zero-order valence-corrected chi connectivity index (χ0v) is 14.0. The standard InChI is InChI=1S/C17H23N5.ClH/c1-2-7-15-14(6-1)21-16(17(22-15)20-12-8-9-12)19-11-13-5-3-4-10-18-13;/h1-2,6-7,12-13,18H,3-5,8-11H2,(H,19,21)(H,20,22);1H. The summed E-state index contributed by atoms with van der Waals surface area (Å²) in [5.41, 5.74) is 1.90. The number of aromatic nitrogens is 2. The van der Waals surface area contributed by atoms with Crippen molar-refractivity contribution < 1.29 is 0 Å². The minimum atomic E-state index is 0. The van der Waals surface area contributed by atoms with Crippen LogP contribution in [-0.4, -0.2) is 35.1 Å². The van der Waals surface area contributed by atoms with E-state index in [1.807, 2.05) is 24.3 Å². The van der Waals surface area contributed by atoms with E-state index in [0.717, 1.165) is 35.8 Å². The minimum absolute atomic E-state index is 0. The van der Waals surface area contributed by atoms with Crippen LogP contribution >= 0.6 is 12.4 Å². The Morgan fingerprint density at radius 1 is 1.00 bits per heavy atom. The molecule has 1 unspecified atom stereocenters. The lowest BCUT2D eigenvalue weighted by Crippen LogP contribution is -2.39. The molecule has 1 atom stereocenters. The normalized spacial score (nSPS) is 20.8. The van der Waals surface area contributed by atoms with Crippen LogP contribution in [0.2, 0.25) is 0 Å². The molecule has 4 rings (SSSR count). The lowest BCUT2D eigenvalue weighted by Gasteiger charge is -2.24. The van der Waals surface area contributed by atoms with Gasteiger partial charge >= 0.3 is 0 Å². The molecule has 1 aromatic carbocycles. The van der Waals surface area contributed by atoms with Gasteiger partial charge in [0, 0.05) is 18.6 Å². The van der Waals surface area contributed by atoms with Crippen LogP contribution in [-0.2, 0) is 0 Å². The van der Waals surface area contributed by atoms with E-state index in [0.29, 0.717) is 12.1 Å². The predicted octanol–water partition coefficient (Wildman–Crippen LogP) is 3.18. The lowest BCUT2D eigenvalue weighted by molar-refractivity contribution is 0.414. The van der Waals surface area contributed by atoms with Crippen molar-refractivity contribution in [3.63, 3.8) is 0 Å². The Bertz CT molecular complexity index is 652. The molecule has 1 saturated carbocycles. The molecule has 23 heavy (non-hydrogen) atoms. The maximum atomic E-state index is 4.78. The molecule has 124 valence electrons. The van der Waals surface area contributed by atoms with Crippen LogP contribution in [0.3, 0.4) is 0 Å². The molecule has 2 heterocycles. The summed E-state index contributed by atoms with van der Waals surface area (Å²) in [7, 11) is 0. The molecular weight excluding hydrogens is 310 g/mol. The number of halogens is 1. The molecule has 1 aromatic heterocycles. The quantitative estimate of drug-likeness (QED) is 0.784. The highest BCUT2D eigenvalue weighted by molar-refractivity contribution is 5.85. The molecule has 2 fully saturated rings. The number of hydrogen-bond donors (Lipinski definition) is 3. The molecule has 2 aliphatic rings. The number of nitrogens with zero attached hydrogens (tertiary/aromatic N) is 2. The fourth-order valence-corrected chi connectivity index (χ4v) is 2.96. The van der Waals surface area contributed by atoms with E-state index >= 15 is 0 Å². The summed E-state index contributed by atoms with van der Waals surface area (Å²) in [5.74, 6) is 1.79. The van der Waals surface area contributed by atoms with Crippen molar-refractivity contribution in [3.8, 4) is 0 Å². The summed E-state index contributed by atoms with van der Waals surface area (Å²) < 4.78 is 0. The fraction of sp³-hybridized carbons (Fsp3) is 0.529. The molecular formula is C17H24ClN5. The second-order valence-corrected chi connectivity index (χ2v) is 6.36. The third kappa shape index (κ3) is 4.03. The molecule has 0 bridgehead atoms. The average molecular weight is 334 g/mol. The van der Waals surface area contributed by atoms with Gasteiger partial charge in [0.1, 0.15) is 0 Å². The molecule has 5 nitrogen and oxygen atoms in total. The van der Waals surface area contributed by atoms with E-state index in [1.54, 1.807) is 0 Å². The number of nitrogens with one attached hydrogen (secondary N) is 3. The Hall–Kier alpha value is -1.59. The van der Waals surface area contributed by atoms with Gasteiger partial charge in [-0.15, -0.1) is 12.4 Å². The van der Waals surface area contributed by atoms with E-state index in [9.17, 15) is 0 Å².